The summed E-state index contributed by atoms with van der Waals surface area (Å²) in [6.07, 6.45) is 2.82. The van der Waals surface area contributed by atoms with Gasteiger partial charge in [0.15, 0.2) is 5.78 Å². The molecule has 10 heteroatoms. The minimum atomic E-state index is -6.03. The number of carbonyl (C=O) groups excluding carboxylic acids is 2. The smallest absolute Gasteiger partial charge is 0.466 e. The molecule has 0 amide bonds. The molecule has 4 aliphatic carbocycles. The molecule has 4 bridgehead atoms. The summed E-state index contributed by atoms with van der Waals surface area (Å²) in [5.74, 6) is -1.56. The number of Topliss-reactive ketones (excluding diaryl/α,β-unsaturated/α-hetero) is 1. The van der Waals surface area contributed by atoms with Gasteiger partial charge in [0.1, 0.15) is 0 Å². The highest BCUT2D eigenvalue weighted by molar-refractivity contribution is 7.94. The highest BCUT2D eigenvalue weighted by Crippen LogP contribution is 2.67. The number of nitriles is 1. The first kappa shape index (κ1) is 22.1. The molecule has 3 atom stereocenters. The van der Waals surface area contributed by atoms with Crippen LogP contribution in [0.2, 0.25) is 0 Å². The van der Waals surface area contributed by atoms with E-state index in [-0.39, 0.29) is 44.1 Å². The SMILES string of the molecule is CCOC(=O)CC12CC3CC(C1)CC(C(=O)C(C)(C#N)S(=O)(=O)C(F)(F)F)(C3)C2. The minimum Gasteiger partial charge on any atom is -0.466 e. The van der Waals surface area contributed by atoms with Crippen molar-refractivity contribution in [1.82, 2.24) is 0 Å². The Morgan fingerprint density at radius 1 is 1.17 bits per heavy atom. The van der Waals surface area contributed by atoms with Crippen molar-refractivity contribution < 1.29 is 35.9 Å². The van der Waals surface area contributed by atoms with Crippen LogP contribution in [0.25, 0.3) is 0 Å². The summed E-state index contributed by atoms with van der Waals surface area (Å²) >= 11 is 0. The first-order valence-corrected chi connectivity index (χ1v) is 11.2. The molecule has 0 N–H and O–H groups in total. The van der Waals surface area contributed by atoms with Crippen LogP contribution in [-0.2, 0) is 24.2 Å². The Kier molecular flexibility index (Phi) is 5.09. The van der Waals surface area contributed by atoms with Crippen molar-refractivity contribution in [1.29, 1.82) is 5.26 Å². The number of carbonyl (C=O) groups is 2. The first-order chi connectivity index (χ1) is 13.2. The van der Waals surface area contributed by atoms with Crippen LogP contribution in [0.3, 0.4) is 0 Å². The molecule has 4 aliphatic rings. The van der Waals surface area contributed by atoms with Crippen LogP contribution < -0.4 is 0 Å². The molecule has 29 heavy (non-hydrogen) atoms. The van der Waals surface area contributed by atoms with Gasteiger partial charge in [-0.05, 0) is 69.6 Å². The highest BCUT2D eigenvalue weighted by atomic mass is 32.2. The quantitative estimate of drug-likeness (QED) is 0.593. The number of rotatable bonds is 6. The highest BCUT2D eigenvalue weighted by Gasteiger charge is 2.69. The van der Waals surface area contributed by atoms with Gasteiger partial charge in [-0.3, -0.25) is 9.59 Å². The van der Waals surface area contributed by atoms with Crippen molar-refractivity contribution in [2.75, 3.05) is 6.61 Å². The van der Waals surface area contributed by atoms with E-state index >= 15 is 0 Å². The molecule has 0 heterocycles. The average Bonchev–Trinajstić information content (AvgIpc) is 2.57. The summed E-state index contributed by atoms with van der Waals surface area (Å²) in [4.78, 5) is 25.5. The molecule has 0 radical (unpaired) electrons. The van der Waals surface area contributed by atoms with Crippen molar-refractivity contribution >= 4 is 21.6 Å². The zero-order valence-electron chi connectivity index (χ0n) is 16.3. The maximum atomic E-state index is 13.4. The maximum absolute atomic E-state index is 13.4. The van der Waals surface area contributed by atoms with Gasteiger partial charge >= 0.3 is 11.5 Å². The number of hydrogen-bond acceptors (Lipinski definition) is 6. The lowest BCUT2D eigenvalue weighted by Crippen LogP contribution is -2.62. The number of alkyl halides is 3. The van der Waals surface area contributed by atoms with E-state index in [0.717, 1.165) is 6.42 Å². The number of halogens is 3. The summed E-state index contributed by atoms with van der Waals surface area (Å²) in [6.45, 7) is 2.43. The maximum Gasteiger partial charge on any atom is 0.499 e. The van der Waals surface area contributed by atoms with E-state index < -0.39 is 42.7 Å². The standard InChI is InChI=1S/C19H24F3NO5S/c1-3-28-14(24)9-17-5-12-4-13(6-17)8-18(7-12,10-17)15(25)16(2,11-23)29(26,27)19(20,21)22/h12-13H,3-10H2,1-2H3. The largest absolute Gasteiger partial charge is 0.499 e. The molecular formula is C19H24F3NO5S. The fourth-order valence-corrected chi connectivity index (χ4v) is 7.46. The van der Waals surface area contributed by atoms with Gasteiger partial charge in [0.25, 0.3) is 9.84 Å². The van der Waals surface area contributed by atoms with E-state index in [1.165, 1.54) is 6.07 Å². The van der Waals surface area contributed by atoms with Gasteiger partial charge in [-0.1, -0.05) is 0 Å². The lowest BCUT2D eigenvalue weighted by atomic mass is 9.42. The lowest BCUT2D eigenvalue weighted by molar-refractivity contribution is -0.167. The molecular weight excluding hydrogens is 411 g/mol. The summed E-state index contributed by atoms with van der Waals surface area (Å²) in [7, 11) is -6.03. The van der Waals surface area contributed by atoms with Crippen molar-refractivity contribution in [2.24, 2.45) is 22.7 Å². The average molecular weight is 435 g/mol. The summed E-state index contributed by atoms with van der Waals surface area (Å²) < 4.78 is 65.8. The summed E-state index contributed by atoms with van der Waals surface area (Å²) in [5, 5.41) is 9.41. The second-order valence-electron chi connectivity index (χ2n) is 9.15. The van der Waals surface area contributed by atoms with Gasteiger partial charge in [-0.15, -0.1) is 0 Å². The van der Waals surface area contributed by atoms with Gasteiger partial charge in [0.2, 0.25) is 4.75 Å². The second kappa shape index (κ2) is 6.69. The Balaban J connectivity index is 2.01. The molecule has 0 aromatic rings. The number of sulfone groups is 1. The van der Waals surface area contributed by atoms with Gasteiger partial charge in [-0.25, -0.2) is 8.42 Å². The first-order valence-electron chi connectivity index (χ1n) is 9.67. The molecule has 4 saturated carbocycles. The summed E-state index contributed by atoms with van der Waals surface area (Å²) in [6, 6.07) is 1.17. The molecule has 0 spiro atoms. The van der Waals surface area contributed by atoms with E-state index in [0.29, 0.717) is 19.8 Å². The van der Waals surface area contributed by atoms with E-state index in [2.05, 4.69) is 0 Å². The van der Waals surface area contributed by atoms with E-state index in [1.807, 2.05) is 0 Å². The van der Waals surface area contributed by atoms with E-state index in [1.54, 1.807) is 6.92 Å². The van der Waals surface area contributed by atoms with Crippen molar-refractivity contribution in [3.8, 4) is 6.07 Å². The molecule has 4 fully saturated rings. The van der Waals surface area contributed by atoms with Crippen molar-refractivity contribution in [2.45, 2.75) is 69.0 Å². The Morgan fingerprint density at radius 3 is 2.17 bits per heavy atom. The van der Waals surface area contributed by atoms with Crippen molar-refractivity contribution in [3.63, 3.8) is 0 Å². The second-order valence-corrected chi connectivity index (χ2v) is 11.4. The molecule has 0 saturated heterocycles. The molecule has 162 valence electrons. The van der Waals surface area contributed by atoms with Crippen LogP contribution in [0.4, 0.5) is 13.2 Å². The lowest BCUT2D eigenvalue weighted by Gasteiger charge is -2.62. The van der Waals surface area contributed by atoms with E-state index in [4.69, 9.17) is 4.74 Å². The number of ether oxygens (including phenoxy) is 1. The molecule has 4 rings (SSSR count). The zero-order chi connectivity index (χ0) is 21.9. The third kappa shape index (κ3) is 3.25. The Bertz CT molecular complexity index is 861. The fraction of sp³-hybridized carbons (Fsp3) is 0.842. The van der Waals surface area contributed by atoms with Crippen LogP contribution in [0, 0.1) is 34.0 Å². The third-order valence-corrected chi connectivity index (χ3v) is 8.94. The number of nitrogens with zero attached hydrogens (tertiary/aromatic N) is 1. The summed E-state index contributed by atoms with van der Waals surface area (Å²) in [5.41, 5.74) is -7.64. The van der Waals surface area contributed by atoms with Crippen LogP contribution in [-0.4, -0.2) is 37.0 Å². The molecule has 3 unspecified atom stereocenters. The van der Waals surface area contributed by atoms with Crippen LogP contribution in [0.1, 0.15) is 58.8 Å². The molecule has 6 nitrogen and oxygen atoms in total. The van der Waals surface area contributed by atoms with Crippen LogP contribution in [0.15, 0.2) is 0 Å². The van der Waals surface area contributed by atoms with Crippen LogP contribution >= 0.6 is 0 Å². The van der Waals surface area contributed by atoms with Gasteiger partial charge in [0.05, 0.1) is 19.1 Å². The van der Waals surface area contributed by atoms with Crippen LogP contribution in [0.5, 0.6) is 0 Å². The van der Waals surface area contributed by atoms with Gasteiger partial charge in [0, 0.05) is 5.41 Å². The molecule has 0 aromatic carbocycles. The minimum absolute atomic E-state index is 0.0196. The number of esters is 1. The Labute approximate surface area is 167 Å². The predicted molar refractivity (Wildman–Crippen MR) is 94.8 cm³/mol. The molecule has 0 aromatic heterocycles. The normalized spacial score (nSPS) is 35.6. The Hall–Kier alpha value is -1.63. The zero-order valence-corrected chi connectivity index (χ0v) is 17.2. The Morgan fingerprint density at radius 2 is 1.72 bits per heavy atom. The number of ketones is 1. The van der Waals surface area contributed by atoms with Gasteiger partial charge in [-0.2, -0.15) is 18.4 Å². The monoisotopic (exact) mass is 435 g/mol. The topological polar surface area (TPSA) is 101 Å². The third-order valence-electron chi connectivity index (χ3n) is 6.98. The fourth-order valence-electron chi connectivity index (χ4n) is 6.41. The number of hydrogen-bond donors (Lipinski definition) is 0. The molecule has 0 aliphatic heterocycles. The van der Waals surface area contributed by atoms with E-state index in [9.17, 15) is 36.4 Å². The van der Waals surface area contributed by atoms with Crippen molar-refractivity contribution in [3.05, 3.63) is 0 Å². The van der Waals surface area contributed by atoms with Gasteiger partial charge < -0.3 is 4.74 Å². The predicted octanol–water partition coefficient (Wildman–Crippen LogP) is 3.31.